The zero-order chi connectivity index (χ0) is 13.1. The number of nitrogens with two attached hydrogens (primary N) is 1. The summed E-state index contributed by atoms with van der Waals surface area (Å²) in [6.45, 7) is 4.02. The van der Waals surface area contributed by atoms with Crippen LogP contribution in [0.3, 0.4) is 0 Å². The normalized spacial score (nSPS) is 12.4. The lowest BCUT2D eigenvalue weighted by molar-refractivity contribution is 0.430. The number of rotatable bonds is 4. The van der Waals surface area contributed by atoms with Crippen molar-refractivity contribution in [2.24, 2.45) is 12.8 Å². The topological polar surface area (TPSA) is 53.1 Å². The molecular formula is C14H19N3O. The molecule has 2 N–H and O–H groups in total. The minimum Gasteiger partial charge on any atom is -0.439 e. The predicted octanol–water partition coefficient (Wildman–Crippen LogP) is 2.93. The standard InChI is InChI=1S/C14H19N3O/c1-4-13(15)11-5-7-12(8-6-11)18-14-9-10(2)16-17(14)3/h5-9,13H,4,15H2,1-3H3/t13-/m0/s1. The Kier molecular flexibility index (Phi) is 3.67. The van der Waals surface area contributed by atoms with Crippen molar-refractivity contribution in [1.29, 1.82) is 0 Å². The summed E-state index contributed by atoms with van der Waals surface area (Å²) in [7, 11) is 1.86. The van der Waals surface area contributed by atoms with E-state index in [1.54, 1.807) is 4.68 Å². The molecule has 1 heterocycles. The molecule has 0 saturated heterocycles. The number of aromatic nitrogens is 2. The minimum atomic E-state index is 0.0954. The van der Waals surface area contributed by atoms with E-state index in [9.17, 15) is 0 Å². The molecule has 0 saturated carbocycles. The number of benzene rings is 1. The van der Waals surface area contributed by atoms with Crippen LogP contribution in [0.25, 0.3) is 0 Å². The van der Waals surface area contributed by atoms with Crippen LogP contribution in [0.5, 0.6) is 11.6 Å². The maximum Gasteiger partial charge on any atom is 0.217 e. The zero-order valence-corrected chi connectivity index (χ0v) is 11.1. The zero-order valence-electron chi connectivity index (χ0n) is 11.1. The van der Waals surface area contributed by atoms with Gasteiger partial charge in [-0.05, 0) is 31.0 Å². The Bertz CT molecular complexity index is 516. The van der Waals surface area contributed by atoms with Gasteiger partial charge in [-0.2, -0.15) is 5.10 Å². The van der Waals surface area contributed by atoms with E-state index in [1.807, 2.05) is 44.3 Å². The molecule has 0 spiro atoms. The van der Waals surface area contributed by atoms with Crippen molar-refractivity contribution in [2.75, 3.05) is 0 Å². The van der Waals surface area contributed by atoms with Gasteiger partial charge < -0.3 is 10.5 Å². The van der Waals surface area contributed by atoms with E-state index in [2.05, 4.69) is 12.0 Å². The second kappa shape index (κ2) is 5.23. The third-order valence-corrected chi connectivity index (χ3v) is 2.93. The Hall–Kier alpha value is -1.81. The van der Waals surface area contributed by atoms with Crippen LogP contribution < -0.4 is 10.5 Å². The summed E-state index contributed by atoms with van der Waals surface area (Å²) < 4.78 is 7.48. The lowest BCUT2D eigenvalue weighted by Gasteiger charge is -2.10. The Balaban J connectivity index is 2.13. The van der Waals surface area contributed by atoms with Crippen LogP contribution in [-0.2, 0) is 7.05 Å². The van der Waals surface area contributed by atoms with E-state index in [-0.39, 0.29) is 6.04 Å². The fourth-order valence-corrected chi connectivity index (χ4v) is 1.82. The van der Waals surface area contributed by atoms with Crippen molar-refractivity contribution in [3.8, 4) is 11.6 Å². The first-order valence-electron chi connectivity index (χ1n) is 6.14. The first kappa shape index (κ1) is 12.6. The first-order valence-corrected chi connectivity index (χ1v) is 6.14. The molecule has 2 rings (SSSR count). The summed E-state index contributed by atoms with van der Waals surface area (Å²) in [5, 5.41) is 4.24. The van der Waals surface area contributed by atoms with Crippen molar-refractivity contribution in [1.82, 2.24) is 9.78 Å². The number of aryl methyl sites for hydroxylation is 2. The predicted molar refractivity (Wildman–Crippen MR) is 71.7 cm³/mol. The third kappa shape index (κ3) is 2.71. The van der Waals surface area contributed by atoms with Crippen molar-refractivity contribution < 1.29 is 4.74 Å². The molecule has 1 aromatic carbocycles. The maximum atomic E-state index is 5.97. The highest BCUT2D eigenvalue weighted by molar-refractivity contribution is 5.32. The lowest BCUT2D eigenvalue weighted by atomic mass is 10.1. The molecule has 4 heteroatoms. The molecule has 0 unspecified atom stereocenters. The van der Waals surface area contributed by atoms with Gasteiger partial charge in [0.25, 0.3) is 0 Å². The summed E-state index contributed by atoms with van der Waals surface area (Å²) in [6, 6.07) is 9.89. The number of ether oxygens (including phenoxy) is 1. The molecule has 0 amide bonds. The molecule has 1 aromatic heterocycles. The summed E-state index contributed by atoms with van der Waals surface area (Å²) in [4.78, 5) is 0. The fraction of sp³-hybridized carbons (Fsp3) is 0.357. The van der Waals surface area contributed by atoms with E-state index >= 15 is 0 Å². The van der Waals surface area contributed by atoms with Crippen LogP contribution in [0.1, 0.15) is 30.6 Å². The van der Waals surface area contributed by atoms with Gasteiger partial charge >= 0.3 is 0 Å². The molecule has 0 aliphatic heterocycles. The smallest absolute Gasteiger partial charge is 0.217 e. The van der Waals surface area contributed by atoms with Crippen LogP contribution in [0, 0.1) is 6.92 Å². The lowest BCUT2D eigenvalue weighted by Crippen LogP contribution is -2.08. The highest BCUT2D eigenvalue weighted by atomic mass is 16.5. The number of hydrogen-bond acceptors (Lipinski definition) is 3. The van der Waals surface area contributed by atoms with E-state index in [0.29, 0.717) is 0 Å². The second-order valence-corrected chi connectivity index (χ2v) is 4.43. The van der Waals surface area contributed by atoms with Crippen molar-refractivity contribution in [3.05, 3.63) is 41.6 Å². The van der Waals surface area contributed by atoms with E-state index in [1.165, 1.54) is 0 Å². The van der Waals surface area contributed by atoms with Crippen LogP contribution in [-0.4, -0.2) is 9.78 Å². The van der Waals surface area contributed by atoms with Crippen LogP contribution >= 0.6 is 0 Å². The van der Waals surface area contributed by atoms with Gasteiger partial charge in [-0.1, -0.05) is 19.1 Å². The minimum absolute atomic E-state index is 0.0954. The first-order chi connectivity index (χ1) is 8.60. The molecule has 0 fully saturated rings. The molecule has 1 atom stereocenters. The maximum absolute atomic E-state index is 5.97. The summed E-state index contributed by atoms with van der Waals surface area (Å²) >= 11 is 0. The average molecular weight is 245 g/mol. The van der Waals surface area contributed by atoms with Crippen LogP contribution in [0.15, 0.2) is 30.3 Å². The van der Waals surface area contributed by atoms with Gasteiger partial charge in [0.05, 0.1) is 5.69 Å². The molecular weight excluding hydrogens is 226 g/mol. The Morgan fingerprint density at radius 1 is 1.33 bits per heavy atom. The third-order valence-electron chi connectivity index (χ3n) is 2.93. The monoisotopic (exact) mass is 245 g/mol. The number of nitrogens with zero attached hydrogens (tertiary/aromatic N) is 2. The molecule has 0 bridgehead atoms. The SMILES string of the molecule is CC[C@H](N)c1ccc(Oc2cc(C)nn2C)cc1. The van der Waals surface area contributed by atoms with Crippen molar-refractivity contribution in [2.45, 2.75) is 26.3 Å². The van der Waals surface area contributed by atoms with Gasteiger partial charge in [-0.25, -0.2) is 4.68 Å². The van der Waals surface area contributed by atoms with Gasteiger partial charge in [-0.15, -0.1) is 0 Å². The average Bonchev–Trinajstić information content (AvgIpc) is 2.68. The Morgan fingerprint density at radius 3 is 2.50 bits per heavy atom. The van der Waals surface area contributed by atoms with Crippen molar-refractivity contribution >= 4 is 0 Å². The highest BCUT2D eigenvalue weighted by Crippen LogP contribution is 2.23. The quantitative estimate of drug-likeness (QED) is 0.901. The Labute approximate surface area is 107 Å². The van der Waals surface area contributed by atoms with E-state index < -0.39 is 0 Å². The molecule has 2 aromatic rings. The fourth-order valence-electron chi connectivity index (χ4n) is 1.82. The van der Waals surface area contributed by atoms with Crippen LogP contribution in [0.2, 0.25) is 0 Å². The summed E-state index contributed by atoms with van der Waals surface area (Å²) in [5.74, 6) is 1.53. The molecule has 18 heavy (non-hydrogen) atoms. The van der Waals surface area contributed by atoms with Gasteiger partial charge in [-0.3, -0.25) is 0 Å². The molecule has 96 valence electrons. The Morgan fingerprint density at radius 2 is 2.00 bits per heavy atom. The van der Waals surface area contributed by atoms with Gasteiger partial charge in [0.2, 0.25) is 5.88 Å². The van der Waals surface area contributed by atoms with Crippen LogP contribution in [0.4, 0.5) is 0 Å². The number of hydrogen-bond donors (Lipinski definition) is 1. The highest BCUT2D eigenvalue weighted by Gasteiger charge is 2.06. The summed E-state index contributed by atoms with van der Waals surface area (Å²) in [5.41, 5.74) is 8.04. The molecule has 0 aliphatic rings. The summed E-state index contributed by atoms with van der Waals surface area (Å²) in [6.07, 6.45) is 0.932. The van der Waals surface area contributed by atoms with E-state index in [4.69, 9.17) is 10.5 Å². The largest absolute Gasteiger partial charge is 0.439 e. The van der Waals surface area contributed by atoms with Gasteiger partial charge in [0.1, 0.15) is 5.75 Å². The molecule has 4 nitrogen and oxygen atoms in total. The van der Waals surface area contributed by atoms with Gasteiger partial charge in [0, 0.05) is 19.2 Å². The molecule has 0 aliphatic carbocycles. The van der Waals surface area contributed by atoms with Gasteiger partial charge in [0.15, 0.2) is 0 Å². The molecule has 0 radical (unpaired) electrons. The second-order valence-electron chi connectivity index (χ2n) is 4.43. The van der Waals surface area contributed by atoms with Crippen molar-refractivity contribution in [3.63, 3.8) is 0 Å². The van der Waals surface area contributed by atoms with E-state index in [0.717, 1.165) is 29.3 Å².